The molecule has 2 aromatic carbocycles. The Bertz CT molecular complexity index is 723. The average Bonchev–Trinajstić information content (AvgIpc) is 3.03. The third-order valence-electron chi connectivity index (χ3n) is 3.54. The van der Waals surface area contributed by atoms with Crippen molar-refractivity contribution >= 4 is 31.0 Å². The molecule has 0 aliphatic heterocycles. The molecule has 1 aromatic heterocycles. The van der Waals surface area contributed by atoms with Crippen molar-refractivity contribution in [2.24, 2.45) is 0 Å². The maximum atomic E-state index is 6.03. The first kappa shape index (κ1) is 15.4. The van der Waals surface area contributed by atoms with Crippen molar-refractivity contribution in [3.63, 3.8) is 0 Å². The zero-order valence-electron chi connectivity index (χ0n) is 12.3. The average molecular weight is 376 g/mol. The third kappa shape index (κ3) is 3.80. The van der Waals surface area contributed by atoms with Crippen molar-refractivity contribution in [1.82, 2.24) is 9.55 Å². The number of benzene rings is 2. The molecule has 0 fully saturated rings. The van der Waals surface area contributed by atoms with Crippen molar-refractivity contribution in [3.8, 4) is 0 Å². The normalized spacial score (nSPS) is 12.3. The number of imidazole rings is 1. The Labute approximate surface area is 142 Å². The number of halogens is 1. The first-order valence-electron chi connectivity index (χ1n) is 7.16. The van der Waals surface area contributed by atoms with Crippen LogP contribution in [0.2, 0.25) is 5.02 Å². The molecule has 1 heterocycles. The van der Waals surface area contributed by atoms with Crippen molar-refractivity contribution in [1.29, 1.82) is 0 Å². The first-order chi connectivity index (χ1) is 10.7. The summed E-state index contributed by atoms with van der Waals surface area (Å²) in [6.45, 7) is 3.13. The first-order valence-corrected chi connectivity index (χ1v) is 9.38. The Balaban J connectivity index is 1.88. The summed E-state index contributed by atoms with van der Waals surface area (Å²) in [6.07, 6.45) is 5.74. The second-order valence-corrected chi connectivity index (χ2v) is 8.23. The van der Waals surface area contributed by atoms with Crippen LogP contribution in [0, 0.1) is 6.92 Å². The molecule has 0 spiro atoms. The molecule has 0 aliphatic carbocycles. The standard InChI is InChI=1S/C18H17ClN2Se/c1-14-4-2-3-5-17(14)22-18(12-21-11-10-20-13-21)15-6-8-16(19)9-7-15/h2-11,13,18H,12H2,1H3. The molecule has 0 saturated carbocycles. The van der Waals surface area contributed by atoms with Gasteiger partial charge in [-0.2, -0.15) is 0 Å². The van der Waals surface area contributed by atoms with E-state index in [1.807, 2.05) is 30.9 Å². The summed E-state index contributed by atoms with van der Waals surface area (Å²) in [4.78, 5) is 4.61. The van der Waals surface area contributed by atoms with E-state index < -0.39 is 0 Å². The van der Waals surface area contributed by atoms with Gasteiger partial charge in [0.15, 0.2) is 0 Å². The van der Waals surface area contributed by atoms with E-state index in [0.717, 1.165) is 11.6 Å². The third-order valence-corrected chi connectivity index (χ3v) is 6.77. The van der Waals surface area contributed by atoms with Crippen molar-refractivity contribution in [2.75, 3.05) is 0 Å². The van der Waals surface area contributed by atoms with E-state index in [0.29, 0.717) is 19.8 Å². The van der Waals surface area contributed by atoms with Crippen molar-refractivity contribution < 1.29 is 0 Å². The fraction of sp³-hybridized carbons (Fsp3) is 0.167. The minimum absolute atomic E-state index is 0.351. The number of hydrogen-bond donors (Lipinski definition) is 0. The molecule has 0 radical (unpaired) electrons. The maximum absolute atomic E-state index is 6.03. The molecule has 0 aliphatic rings. The predicted molar refractivity (Wildman–Crippen MR) is 93.0 cm³/mol. The quantitative estimate of drug-likeness (QED) is 0.623. The van der Waals surface area contributed by atoms with Crippen LogP contribution in [0.4, 0.5) is 0 Å². The minimum atomic E-state index is 0.351. The van der Waals surface area contributed by atoms with E-state index in [1.165, 1.54) is 15.6 Å². The Morgan fingerprint density at radius 2 is 1.91 bits per heavy atom. The second-order valence-electron chi connectivity index (χ2n) is 5.18. The molecule has 3 aromatic rings. The summed E-state index contributed by atoms with van der Waals surface area (Å²) in [7, 11) is 0. The van der Waals surface area contributed by atoms with Gasteiger partial charge in [0.25, 0.3) is 0 Å². The molecule has 0 saturated heterocycles. The molecule has 1 atom stereocenters. The number of rotatable bonds is 5. The van der Waals surface area contributed by atoms with Crippen LogP contribution in [-0.2, 0) is 6.54 Å². The topological polar surface area (TPSA) is 17.8 Å². The van der Waals surface area contributed by atoms with Crippen LogP contribution < -0.4 is 4.46 Å². The van der Waals surface area contributed by atoms with Gasteiger partial charge in [0.1, 0.15) is 0 Å². The number of hydrogen-bond acceptors (Lipinski definition) is 1. The van der Waals surface area contributed by atoms with Crippen LogP contribution in [0.5, 0.6) is 0 Å². The summed E-state index contributed by atoms with van der Waals surface area (Å²) in [5.74, 6) is 0. The summed E-state index contributed by atoms with van der Waals surface area (Å²) >= 11 is 6.39. The molecule has 0 N–H and O–H groups in total. The number of aryl methyl sites for hydroxylation is 1. The molecule has 0 amide bonds. The van der Waals surface area contributed by atoms with E-state index in [1.54, 1.807) is 0 Å². The summed E-state index contributed by atoms with van der Waals surface area (Å²) in [5, 5.41) is 0.786. The van der Waals surface area contributed by atoms with Gasteiger partial charge in [0, 0.05) is 0 Å². The van der Waals surface area contributed by atoms with Gasteiger partial charge in [0.2, 0.25) is 0 Å². The SMILES string of the molecule is Cc1ccccc1[Se]C(Cn1ccnc1)c1ccc(Cl)cc1. The fourth-order valence-corrected chi connectivity index (χ4v) is 5.08. The summed E-state index contributed by atoms with van der Waals surface area (Å²) in [5.41, 5.74) is 2.70. The Morgan fingerprint density at radius 1 is 1.14 bits per heavy atom. The number of nitrogens with zero attached hydrogens (tertiary/aromatic N) is 2. The van der Waals surface area contributed by atoms with Gasteiger partial charge in [-0.05, 0) is 0 Å². The molecule has 1 unspecified atom stereocenters. The van der Waals surface area contributed by atoms with Crippen LogP contribution in [0.15, 0.2) is 67.3 Å². The van der Waals surface area contributed by atoms with Gasteiger partial charge < -0.3 is 0 Å². The van der Waals surface area contributed by atoms with Crippen molar-refractivity contribution in [3.05, 3.63) is 83.4 Å². The van der Waals surface area contributed by atoms with Crippen LogP contribution in [0.3, 0.4) is 0 Å². The fourth-order valence-electron chi connectivity index (χ4n) is 2.32. The van der Waals surface area contributed by atoms with Crippen LogP contribution >= 0.6 is 11.6 Å². The van der Waals surface area contributed by atoms with Crippen LogP contribution in [-0.4, -0.2) is 24.5 Å². The van der Waals surface area contributed by atoms with Gasteiger partial charge in [-0.3, -0.25) is 0 Å². The Hall–Kier alpha value is -1.54. The summed E-state index contributed by atoms with van der Waals surface area (Å²) < 4.78 is 3.61. The van der Waals surface area contributed by atoms with Gasteiger partial charge >= 0.3 is 142 Å². The van der Waals surface area contributed by atoms with E-state index in [9.17, 15) is 0 Å². The van der Waals surface area contributed by atoms with Crippen molar-refractivity contribution in [2.45, 2.75) is 18.3 Å². The van der Waals surface area contributed by atoms with Gasteiger partial charge in [0.05, 0.1) is 0 Å². The molecular formula is C18H17ClN2Se. The number of aromatic nitrogens is 2. The van der Waals surface area contributed by atoms with E-state index in [2.05, 4.69) is 52.9 Å². The van der Waals surface area contributed by atoms with Gasteiger partial charge in [-0.25, -0.2) is 0 Å². The van der Waals surface area contributed by atoms with Crippen LogP contribution in [0.1, 0.15) is 15.9 Å². The molecule has 22 heavy (non-hydrogen) atoms. The molecule has 0 bridgehead atoms. The zero-order valence-corrected chi connectivity index (χ0v) is 14.8. The Kier molecular flexibility index (Phi) is 4.99. The molecule has 2 nitrogen and oxygen atoms in total. The molecule has 112 valence electrons. The summed E-state index contributed by atoms with van der Waals surface area (Å²) in [6, 6.07) is 16.9. The zero-order chi connectivity index (χ0) is 15.4. The molecule has 3 rings (SSSR count). The molecule has 4 heteroatoms. The monoisotopic (exact) mass is 376 g/mol. The van der Waals surface area contributed by atoms with E-state index >= 15 is 0 Å². The van der Waals surface area contributed by atoms with Gasteiger partial charge in [-0.15, -0.1) is 0 Å². The van der Waals surface area contributed by atoms with E-state index in [4.69, 9.17) is 11.6 Å². The molecular weight excluding hydrogens is 359 g/mol. The van der Waals surface area contributed by atoms with Gasteiger partial charge in [-0.1, -0.05) is 0 Å². The van der Waals surface area contributed by atoms with Crippen LogP contribution in [0.25, 0.3) is 0 Å². The predicted octanol–water partition coefficient (Wildman–Crippen LogP) is 3.62. The second kappa shape index (κ2) is 7.15. The Morgan fingerprint density at radius 3 is 2.59 bits per heavy atom. The van der Waals surface area contributed by atoms with E-state index in [-0.39, 0.29) is 0 Å².